The van der Waals surface area contributed by atoms with E-state index < -0.39 is 5.25 Å². The third-order valence-electron chi connectivity index (χ3n) is 5.14. The van der Waals surface area contributed by atoms with Gasteiger partial charge in [0.15, 0.2) is 0 Å². The van der Waals surface area contributed by atoms with Crippen LogP contribution >= 0.6 is 11.8 Å². The van der Waals surface area contributed by atoms with E-state index in [0.717, 1.165) is 28.1 Å². The van der Waals surface area contributed by atoms with Crippen molar-refractivity contribution in [1.82, 2.24) is 9.97 Å². The lowest BCUT2D eigenvalue weighted by Crippen LogP contribution is -2.23. The van der Waals surface area contributed by atoms with Crippen LogP contribution in [0.15, 0.2) is 90.1 Å². The van der Waals surface area contributed by atoms with Gasteiger partial charge in [0, 0.05) is 17.3 Å². The lowest BCUT2D eigenvalue weighted by molar-refractivity contribution is -0.115. The van der Waals surface area contributed by atoms with Crippen molar-refractivity contribution < 1.29 is 9.53 Å². The van der Waals surface area contributed by atoms with Crippen molar-refractivity contribution in [3.05, 3.63) is 90.6 Å². The fourth-order valence-corrected chi connectivity index (χ4v) is 4.28. The zero-order valence-electron chi connectivity index (χ0n) is 18.7. The second kappa shape index (κ2) is 10.6. The molecule has 2 aromatic carbocycles. The van der Waals surface area contributed by atoms with Gasteiger partial charge in [-0.1, -0.05) is 60.3 Å². The van der Waals surface area contributed by atoms with Crippen LogP contribution in [0.2, 0.25) is 0 Å². The van der Waals surface area contributed by atoms with Gasteiger partial charge in [-0.2, -0.15) is 5.26 Å². The number of carbonyl (C=O) groups excluding carboxylic acids is 1. The number of nitrogens with one attached hydrogen (secondary N) is 1. The normalized spacial score (nSPS) is 11.3. The first-order chi connectivity index (χ1) is 16.6. The Morgan fingerprint density at radius 2 is 1.76 bits per heavy atom. The van der Waals surface area contributed by atoms with Gasteiger partial charge in [-0.3, -0.25) is 4.79 Å². The summed E-state index contributed by atoms with van der Waals surface area (Å²) < 4.78 is 5.28. The molecule has 0 aliphatic carbocycles. The topological polar surface area (TPSA) is 87.9 Å². The lowest BCUT2D eigenvalue weighted by atomic mass is 9.99. The molecule has 4 aromatic rings. The maximum Gasteiger partial charge on any atom is 0.238 e. The number of nitrogens with zero attached hydrogens (tertiary/aromatic N) is 3. The average Bonchev–Trinajstić information content (AvgIpc) is 2.89. The molecule has 0 saturated heterocycles. The van der Waals surface area contributed by atoms with Gasteiger partial charge >= 0.3 is 0 Å². The van der Waals surface area contributed by atoms with E-state index in [1.54, 1.807) is 38.4 Å². The summed E-state index contributed by atoms with van der Waals surface area (Å²) in [6.07, 6.45) is 1.62. The SMILES string of the molecule is COc1ccc(-c2cc(-c3ccccc3)nc(SC(C)C(=O)Nc3ccccn3)c2C#N)cc1. The van der Waals surface area contributed by atoms with Gasteiger partial charge in [-0.05, 0) is 42.8 Å². The minimum Gasteiger partial charge on any atom is -0.497 e. The molecular weight excluding hydrogens is 444 g/mol. The van der Waals surface area contributed by atoms with E-state index >= 15 is 0 Å². The van der Waals surface area contributed by atoms with Crippen LogP contribution in [-0.2, 0) is 4.79 Å². The first-order valence-corrected chi connectivity index (χ1v) is 11.5. The van der Waals surface area contributed by atoms with Crippen LogP contribution in [0.1, 0.15) is 12.5 Å². The van der Waals surface area contributed by atoms with Crippen molar-refractivity contribution in [2.75, 3.05) is 12.4 Å². The largest absolute Gasteiger partial charge is 0.497 e. The minimum atomic E-state index is -0.503. The Hall–Kier alpha value is -4.15. The zero-order chi connectivity index (χ0) is 23.9. The fourth-order valence-electron chi connectivity index (χ4n) is 3.36. The molecule has 168 valence electrons. The molecule has 0 aliphatic rings. The van der Waals surface area contributed by atoms with Crippen LogP contribution in [0, 0.1) is 11.3 Å². The summed E-state index contributed by atoms with van der Waals surface area (Å²) in [6.45, 7) is 1.79. The quantitative estimate of drug-likeness (QED) is 0.346. The van der Waals surface area contributed by atoms with Crippen LogP contribution in [0.4, 0.5) is 5.82 Å². The van der Waals surface area contributed by atoms with Crippen LogP contribution in [0.5, 0.6) is 5.75 Å². The molecule has 1 unspecified atom stereocenters. The van der Waals surface area contributed by atoms with Crippen LogP contribution in [0.25, 0.3) is 22.4 Å². The molecule has 2 aromatic heterocycles. The minimum absolute atomic E-state index is 0.217. The number of hydrogen-bond donors (Lipinski definition) is 1. The molecule has 1 N–H and O–H groups in total. The number of pyridine rings is 2. The number of benzene rings is 2. The van der Waals surface area contributed by atoms with E-state index in [-0.39, 0.29) is 5.91 Å². The highest BCUT2D eigenvalue weighted by atomic mass is 32.2. The van der Waals surface area contributed by atoms with Gasteiger partial charge in [-0.15, -0.1) is 0 Å². The van der Waals surface area contributed by atoms with E-state index in [2.05, 4.69) is 16.4 Å². The highest BCUT2D eigenvalue weighted by Crippen LogP contribution is 2.36. The molecule has 0 fully saturated rings. The molecule has 1 atom stereocenters. The second-order valence-corrected chi connectivity index (χ2v) is 8.74. The van der Waals surface area contributed by atoms with Gasteiger partial charge in [0.2, 0.25) is 5.91 Å². The van der Waals surface area contributed by atoms with E-state index in [9.17, 15) is 10.1 Å². The summed E-state index contributed by atoms with van der Waals surface area (Å²) in [7, 11) is 1.61. The Bertz CT molecular complexity index is 1320. The molecule has 0 saturated carbocycles. The summed E-state index contributed by atoms with van der Waals surface area (Å²) in [5.41, 5.74) is 3.69. The predicted octanol–water partition coefficient (Wildman–Crippen LogP) is 5.81. The van der Waals surface area contributed by atoms with Crippen molar-refractivity contribution in [2.45, 2.75) is 17.2 Å². The third kappa shape index (κ3) is 5.25. The van der Waals surface area contributed by atoms with Crippen LogP contribution in [0.3, 0.4) is 0 Å². The molecule has 0 bridgehead atoms. The number of anilines is 1. The average molecular weight is 467 g/mol. The zero-order valence-corrected chi connectivity index (χ0v) is 19.5. The maximum absolute atomic E-state index is 12.8. The number of nitriles is 1. The molecule has 6 nitrogen and oxygen atoms in total. The van der Waals surface area contributed by atoms with Gasteiger partial charge in [-0.25, -0.2) is 9.97 Å². The number of aromatic nitrogens is 2. The van der Waals surface area contributed by atoms with Gasteiger partial charge in [0.1, 0.15) is 22.7 Å². The number of methoxy groups -OCH3 is 1. The van der Waals surface area contributed by atoms with Crippen LogP contribution in [-0.4, -0.2) is 28.2 Å². The molecule has 4 rings (SSSR count). The Kier molecular flexibility index (Phi) is 7.21. The summed E-state index contributed by atoms with van der Waals surface area (Å²) in [4.78, 5) is 21.7. The van der Waals surface area contributed by atoms with Crippen molar-refractivity contribution >= 4 is 23.5 Å². The lowest BCUT2D eigenvalue weighted by Gasteiger charge is -2.16. The van der Waals surface area contributed by atoms with E-state index in [0.29, 0.717) is 16.4 Å². The van der Waals surface area contributed by atoms with Crippen molar-refractivity contribution in [3.8, 4) is 34.2 Å². The number of carbonyl (C=O) groups is 1. The van der Waals surface area contributed by atoms with Crippen molar-refractivity contribution in [3.63, 3.8) is 0 Å². The number of thioether (sulfide) groups is 1. The highest BCUT2D eigenvalue weighted by molar-refractivity contribution is 8.00. The number of hydrogen-bond acceptors (Lipinski definition) is 6. The molecule has 0 radical (unpaired) electrons. The first-order valence-electron chi connectivity index (χ1n) is 10.6. The van der Waals surface area contributed by atoms with Gasteiger partial charge in [0.05, 0.1) is 23.6 Å². The third-order valence-corrected chi connectivity index (χ3v) is 6.23. The van der Waals surface area contributed by atoms with Gasteiger partial charge in [0.25, 0.3) is 0 Å². The molecular formula is C27H22N4O2S. The predicted molar refractivity (Wildman–Crippen MR) is 135 cm³/mol. The Morgan fingerprint density at radius 1 is 1.03 bits per heavy atom. The van der Waals surface area contributed by atoms with E-state index in [1.165, 1.54) is 11.8 Å². The fraction of sp³-hybridized carbons (Fsp3) is 0.111. The standard InChI is InChI=1S/C27H22N4O2S/c1-18(26(32)31-25-10-6-7-15-29-25)34-27-23(17-28)22(19-11-13-21(33-2)14-12-19)16-24(30-27)20-8-4-3-5-9-20/h3-16,18H,1-2H3,(H,29,31,32). The molecule has 0 spiro atoms. The summed E-state index contributed by atoms with van der Waals surface area (Å²) in [5, 5.41) is 12.9. The number of amides is 1. The second-order valence-electron chi connectivity index (χ2n) is 7.41. The molecule has 7 heteroatoms. The maximum atomic E-state index is 12.8. The van der Waals surface area contributed by atoms with Crippen molar-refractivity contribution in [1.29, 1.82) is 5.26 Å². The van der Waals surface area contributed by atoms with Gasteiger partial charge < -0.3 is 10.1 Å². The summed E-state index contributed by atoms with van der Waals surface area (Å²) in [6, 6.07) is 26.8. The molecule has 2 heterocycles. The highest BCUT2D eigenvalue weighted by Gasteiger charge is 2.21. The Labute approximate surface area is 202 Å². The number of ether oxygens (including phenoxy) is 1. The van der Waals surface area contributed by atoms with E-state index in [1.807, 2.05) is 60.7 Å². The molecule has 0 aliphatic heterocycles. The van der Waals surface area contributed by atoms with Crippen molar-refractivity contribution in [2.24, 2.45) is 0 Å². The Balaban J connectivity index is 1.74. The smallest absolute Gasteiger partial charge is 0.238 e. The van der Waals surface area contributed by atoms with Crippen LogP contribution < -0.4 is 10.1 Å². The number of rotatable bonds is 7. The first kappa shape index (κ1) is 23.0. The summed E-state index contributed by atoms with van der Waals surface area (Å²) >= 11 is 1.25. The summed E-state index contributed by atoms with van der Waals surface area (Å²) in [5.74, 6) is 0.991. The molecule has 1 amide bonds. The monoisotopic (exact) mass is 466 g/mol. The Morgan fingerprint density at radius 3 is 2.41 bits per heavy atom. The van der Waals surface area contributed by atoms with E-state index in [4.69, 9.17) is 9.72 Å². The molecule has 34 heavy (non-hydrogen) atoms.